The highest BCUT2D eigenvalue weighted by Crippen LogP contribution is 2.26. The second-order valence-electron chi connectivity index (χ2n) is 4.28. The fraction of sp³-hybridized carbons (Fsp3) is 0.714. The summed E-state index contributed by atoms with van der Waals surface area (Å²) in [7, 11) is 0. The average molecular weight is 469 g/mol. The quantitative estimate of drug-likeness (QED) is 0.362. The second-order valence-corrected chi connectivity index (χ2v) is 9.28. The van der Waals surface area contributed by atoms with Crippen molar-refractivity contribution in [3.8, 4) is 5.88 Å². The van der Waals surface area contributed by atoms with E-state index in [1.807, 2.05) is 40.7 Å². The van der Waals surface area contributed by atoms with Crippen LogP contribution >= 0.6 is 13.4 Å². The van der Waals surface area contributed by atoms with Crippen molar-refractivity contribution >= 4 is 37.1 Å². The lowest BCUT2D eigenvalue weighted by molar-refractivity contribution is 0.324. The van der Waals surface area contributed by atoms with Gasteiger partial charge in [-0.05, 0) is 37.5 Å². The molecule has 0 fully saturated rings. The Bertz CT molecular complexity index is 518. The maximum atomic E-state index is 7.56. The molecule has 27 heavy (non-hydrogen) atoms. The van der Waals surface area contributed by atoms with Gasteiger partial charge in [0.05, 0.1) is 6.61 Å². The van der Waals surface area contributed by atoms with Crippen LogP contribution in [0.4, 0.5) is 0 Å². The van der Waals surface area contributed by atoms with E-state index in [1.165, 1.54) is 6.42 Å². The van der Waals surface area contributed by atoms with Crippen LogP contribution in [0.15, 0.2) is 6.07 Å². The Morgan fingerprint density at radius 2 is 1.22 bits per heavy atom. The van der Waals surface area contributed by atoms with Crippen molar-refractivity contribution in [1.82, 2.24) is 9.97 Å². The molecule has 13 heteroatoms. The highest BCUT2D eigenvalue weighted by Gasteiger charge is 1.99. The van der Waals surface area contributed by atoms with Crippen molar-refractivity contribution in [2.24, 2.45) is 0 Å². The maximum Gasteiger partial charge on any atom is 0.319 e. The number of nitrogens with zero attached hydrogens (tertiary/aromatic N) is 2. The maximum absolute atomic E-state index is 7.56. The summed E-state index contributed by atoms with van der Waals surface area (Å²) in [6, 6.07) is 1.85. The van der Waals surface area contributed by atoms with E-state index >= 15 is 0 Å². The zero-order valence-electron chi connectivity index (χ0n) is 16.9. The molecule has 1 aromatic heterocycles. The lowest BCUT2D eigenvalue weighted by Gasteiger charge is -2.04. The fourth-order valence-electron chi connectivity index (χ4n) is 0.979. The van der Waals surface area contributed by atoms with E-state index in [0.29, 0.717) is 12.5 Å². The van der Waals surface area contributed by atoms with Crippen molar-refractivity contribution in [3.63, 3.8) is 0 Å². The molecule has 0 amide bonds. The highest BCUT2D eigenvalue weighted by molar-refractivity contribution is 8.06. The Morgan fingerprint density at radius 1 is 0.889 bits per heavy atom. The Morgan fingerprint density at radius 3 is 1.48 bits per heavy atom. The van der Waals surface area contributed by atoms with Crippen molar-refractivity contribution < 1.29 is 34.1 Å². The third-order valence-electron chi connectivity index (χ3n) is 1.49. The summed E-state index contributed by atoms with van der Waals surface area (Å²) in [6.45, 7) is 7.22. The molecule has 0 radical (unpaired) electrons. The summed E-state index contributed by atoms with van der Waals surface area (Å²) in [6.07, 6.45) is 2.10. The minimum atomic E-state index is -3.81. The number of ether oxygens (including phenoxy) is 1. The molecular formula is C14H34N2O7P2S2. The number of hydrogen-bond donors (Lipinski definition) is 6. The molecule has 0 aliphatic heterocycles. The van der Waals surface area contributed by atoms with Gasteiger partial charge in [-0.2, -0.15) is 4.98 Å². The predicted octanol–water partition coefficient (Wildman–Crippen LogP) is 2.56. The number of rotatable bonds is 3. The van der Waals surface area contributed by atoms with Crippen LogP contribution in [0.1, 0.15) is 59.5 Å². The molecule has 0 saturated carbocycles. The van der Waals surface area contributed by atoms with Crippen LogP contribution in [0.3, 0.4) is 0 Å². The summed E-state index contributed by atoms with van der Waals surface area (Å²) < 4.78 is 5.28. The summed E-state index contributed by atoms with van der Waals surface area (Å²) >= 11 is 7.21. The van der Waals surface area contributed by atoms with Gasteiger partial charge in [-0.25, -0.2) is 4.98 Å². The van der Waals surface area contributed by atoms with Crippen LogP contribution in [0.2, 0.25) is 0 Å². The zero-order valence-corrected chi connectivity index (χ0v) is 20.3. The normalized spacial score (nSPS) is 9.67. The summed E-state index contributed by atoms with van der Waals surface area (Å²) in [5, 5.41) is 0. The van der Waals surface area contributed by atoms with E-state index in [2.05, 4.69) is 47.4 Å². The topological polar surface area (TPSA) is 156 Å². The molecule has 1 rings (SSSR count). The van der Waals surface area contributed by atoms with Gasteiger partial charge >= 0.3 is 13.4 Å². The van der Waals surface area contributed by atoms with Gasteiger partial charge in [0.25, 0.3) is 0 Å². The monoisotopic (exact) mass is 468 g/mol. The van der Waals surface area contributed by atoms with E-state index in [-0.39, 0.29) is 0 Å². The first-order valence-corrected chi connectivity index (χ1v) is 13.5. The van der Waals surface area contributed by atoms with Gasteiger partial charge in [0, 0.05) is 18.2 Å². The first-order chi connectivity index (χ1) is 12.2. The summed E-state index contributed by atoms with van der Waals surface area (Å²) in [4.78, 5) is 53.8. The van der Waals surface area contributed by atoms with E-state index in [9.17, 15) is 0 Å². The van der Waals surface area contributed by atoms with Crippen LogP contribution in [-0.2, 0) is 30.0 Å². The molecule has 0 spiro atoms. The van der Waals surface area contributed by atoms with Gasteiger partial charge in [0.15, 0.2) is 0 Å². The predicted molar refractivity (Wildman–Crippen MR) is 117 cm³/mol. The molecule has 1 heterocycles. The number of hydrogen-bond acceptors (Lipinski definition) is 5. The smallest absolute Gasteiger partial charge is 0.319 e. The molecule has 0 atom stereocenters. The third-order valence-corrected chi connectivity index (χ3v) is 1.49. The van der Waals surface area contributed by atoms with Crippen molar-refractivity contribution in [2.45, 2.75) is 61.3 Å². The molecule has 164 valence electrons. The van der Waals surface area contributed by atoms with Crippen LogP contribution < -0.4 is 4.74 Å². The highest BCUT2D eigenvalue weighted by atomic mass is 32.5. The minimum absolute atomic E-state index is 0.652. The molecular weight excluding hydrogens is 434 g/mol. The van der Waals surface area contributed by atoms with Gasteiger partial charge in [-0.3, -0.25) is 0 Å². The van der Waals surface area contributed by atoms with E-state index in [1.54, 1.807) is 0 Å². The fourth-order valence-corrected chi connectivity index (χ4v) is 0.979. The number of aromatic nitrogens is 2. The van der Waals surface area contributed by atoms with E-state index in [4.69, 9.17) is 34.1 Å². The largest absolute Gasteiger partial charge is 0.478 e. The van der Waals surface area contributed by atoms with Crippen LogP contribution in [-0.4, -0.2) is 45.9 Å². The molecule has 0 saturated heterocycles. The number of aryl methyl sites for hydroxylation is 2. The SMILES string of the molecule is CC.CCC.CCOc1cc(C)nc(CC)n1.OP(O)(O)=S.OP(O)(O)=S. The van der Waals surface area contributed by atoms with Gasteiger partial charge in [-0.1, -0.05) is 41.0 Å². The average Bonchev–Trinajstić information content (AvgIpc) is 2.46. The van der Waals surface area contributed by atoms with E-state index in [0.717, 1.165) is 17.9 Å². The standard InChI is InChI=1S/C9H14N2O.C3H8.C2H6.2H3O3PS/c1-4-8-10-7(3)6-9(11-8)12-5-2;1-3-2;1-2;2*1-4(2,3)5/h6H,4-5H2,1-3H3;3H2,1-2H3;1-2H3;2*(H3,1,2,3,5). The lowest BCUT2D eigenvalue weighted by Crippen LogP contribution is -2.00. The molecule has 0 aliphatic carbocycles. The van der Waals surface area contributed by atoms with E-state index < -0.39 is 13.4 Å². The van der Waals surface area contributed by atoms with Crippen molar-refractivity contribution in [2.75, 3.05) is 6.61 Å². The molecule has 0 bridgehead atoms. The van der Waals surface area contributed by atoms with Gasteiger partial charge < -0.3 is 34.1 Å². The molecule has 9 nitrogen and oxygen atoms in total. The van der Waals surface area contributed by atoms with Gasteiger partial charge in [0.2, 0.25) is 5.88 Å². The third kappa shape index (κ3) is 51.8. The first kappa shape index (κ1) is 34.4. The van der Waals surface area contributed by atoms with Crippen molar-refractivity contribution in [3.05, 3.63) is 17.6 Å². The summed E-state index contributed by atoms with van der Waals surface area (Å²) in [5.41, 5.74) is 0.963. The molecule has 0 aliphatic rings. The minimum Gasteiger partial charge on any atom is -0.478 e. The Labute approximate surface area is 172 Å². The van der Waals surface area contributed by atoms with Crippen LogP contribution in [0.25, 0.3) is 0 Å². The Balaban J connectivity index is -0.000000148. The first-order valence-electron chi connectivity index (χ1n) is 8.21. The molecule has 6 N–H and O–H groups in total. The second kappa shape index (κ2) is 20.7. The zero-order chi connectivity index (χ0) is 22.7. The Kier molecular flexibility index (Phi) is 26.4. The molecule has 0 unspecified atom stereocenters. The van der Waals surface area contributed by atoms with Crippen LogP contribution in [0, 0.1) is 6.92 Å². The summed E-state index contributed by atoms with van der Waals surface area (Å²) in [5.74, 6) is 1.53. The van der Waals surface area contributed by atoms with Crippen molar-refractivity contribution in [1.29, 1.82) is 0 Å². The lowest BCUT2D eigenvalue weighted by atomic mass is 10.4. The van der Waals surface area contributed by atoms with Gasteiger partial charge in [0.1, 0.15) is 5.82 Å². The molecule has 0 aromatic carbocycles. The van der Waals surface area contributed by atoms with Gasteiger partial charge in [-0.15, -0.1) is 0 Å². The Hall–Kier alpha value is -0.0600. The van der Waals surface area contributed by atoms with Crippen LogP contribution in [0.5, 0.6) is 5.88 Å². The molecule has 1 aromatic rings.